The summed E-state index contributed by atoms with van der Waals surface area (Å²) in [7, 11) is -2.37. The van der Waals surface area contributed by atoms with Crippen LogP contribution in [-0.4, -0.2) is 17.9 Å². The van der Waals surface area contributed by atoms with Crippen molar-refractivity contribution in [1.82, 2.24) is 0 Å². The highest BCUT2D eigenvalue weighted by molar-refractivity contribution is 7.84. The van der Waals surface area contributed by atoms with E-state index < -0.39 is 22.0 Å². The second-order valence-electron chi connectivity index (χ2n) is 4.82. The second-order valence-corrected chi connectivity index (χ2v) is 8.46. The molecule has 0 spiro atoms. The molecule has 0 aromatic rings. The van der Waals surface area contributed by atoms with Crippen LogP contribution in [0.2, 0.25) is 0 Å². The smallest absolute Gasteiger partial charge is 0.0942 e. The molecule has 0 heterocycles. The van der Waals surface area contributed by atoms with Gasteiger partial charge in [-0.2, -0.15) is 0 Å². The summed E-state index contributed by atoms with van der Waals surface area (Å²) in [5, 5.41) is 10.1. The molecule has 0 saturated carbocycles. The molecule has 0 aliphatic rings. The summed E-state index contributed by atoms with van der Waals surface area (Å²) in [5.41, 5.74) is 0. The third kappa shape index (κ3) is 10.3. The lowest BCUT2D eigenvalue weighted by Crippen LogP contribution is -2.27. The quantitative estimate of drug-likeness (QED) is 0.658. The van der Waals surface area contributed by atoms with Crippen molar-refractivity contribution in [2.24, 2.45) is 10.3 Å². The summed E-state index contributed by atoms with van der Waals surface area (Å²) in [6.45, 7) is 11.0. The third-order valence-electron chi connectivity index (χ3n) is 1.21. The minimum Gasteiger partial charge on any atom is -0.251 e. The normalized spacial score (nSPS) is 16.6. The zero-order valence-electron chi connectivity index (χ0n) is 9.79. The monoisotopic (exact) mass is 242 g/mol. The lowest BCUT2D eigenvalue weighted by atomic mass is 10.3. The van der Waals surface area contributed by atoms with E-state index in [2.05, 4.69) is 0 Å². The van der Waals surface area contributed by atoms with Gasteiger partial charge < -0.3 is 0 Å². The number of hydrogen-bond acceptors (Lipinski definition) is 2. The van der Waals surface area contributed by atoms with Crippen LogP contribution in [0, 0.1) is 0 Å². The lowest BCUT2D eigenvalue weighted by Gasteiger charge is -2.11. The van der Waals surface area contributed by atoms with Gasteiger partial charge in [-0.05, 0) is 41.5 Å². The Balaban J connectivity index is 0. The molecule has 0 radical (unpaired) electrons. The first-order chi connectivity index (χ1) is 5.89. The van der Waals surface area contributed by atoms with Gasteiger partial charge in [0.15, 0.2) is 0 Å². The Kier molecular flexibility index (Phi) is 7.07. The first kappa shape index (κ1) is 16.6. The summed E-state index contributed by atoms with van der Waals surface area (Å²) in [4.78, 5) is 0. The molecular formula is C8H22N2O2S2. The highest BCUT2D eigenvalue weighted by atomic mass is 32.2. The van der Waals surface area contributed by atoms with Crippen LogP contribution in [0.1, 0.15) is 41.5 Å². The minimum absolute atomic E-state index is 0.250. The van der Waals surface area contributed by atoms with Crippen LogP contribution in [0.15, 0.2) is 0 Å². The maximum Gasteiger partial charge on any atom is 0.0942 e. The van der Waals surface area contributed by atoms with E-state index in [9.17, 15) is 8.42 Å². The summed E-state index contributed by atoms with van der Waals surface area (Å²) < 4.78 is 20.2. The van der Waals surface area contributed by atoms with Crippen LogP contribution in [-0.2, 0) is 22.0 Å². The van der Waals surface area contributed by atoms with Crippen LogP contribution in [0.5, 0.6) is 0 Å². The Hall–Kier alpha value is 0.220. The fourth-order valence-electron chi connectivity index (χ4n) is 0. The standard InChI is InChI=1S/2C4H11NOS/c2*1-4(2,3)7(5)6/h2*5H2,1-3H3/t2*7-/m00/s1. The predicted octanol–water partition coefficient (Wildman–Crippen LogP) is 0.815. The van der Waals surface area contributed by atoms with Gasteiger partial charge in [0.25, 0.3) is 0 Å². The molecule has 0 rings (SSSR count). The predicted molar refractivity (Wildman–Crippen MR) is 64.2 cm³/mol. The molecule has 0 saturated heterocycles. The van der Waals surface area contributed by atoms with E-state index >= 15 is 0 Å². The minimum atomic E-state index is -1.18. The van der Waals surface area contributed by atoms with Gasteiger partial charge in [0, 0.05) is 0 Å². The molecule has 4 N–H and O–H groups in total. The molecule has 14 heavy (non-hydrogen) atoms. The van der Waals surface area contributed by atoms with Crippen LogP contribution in [0.25, 0.3) is 0 Å². The first-order valence-corrected chi connectivity index (χ1v) is 6.64. The van der Waals surface area contributed by atoms with Crippen LogP contribution < -0.4 is 10.3 Å². The largest absolute Gasteiger partial charge is 0.251 e. The fraction of sp³-hybridized carbons (Fsp3) is 1.00. The molecule has 88 valence electrons. The van der Waals surface area contributed by atoms with Gasteiger partial charge in [0.2, 0.25) is 0 Å². The molecule has 0 bridgehead atoms. The van der Waals surface area contributed by atoms with Gasteiger partial charge in [-0.15, -0.1) is 0 Å². The third-order valence-corrected chi connectivity index (χ3v) is 3.62. The van der Waals surface area contributed by atoms with Gasteiger partial charge >= 0.3 is 0 Å². The summed E-state index contributed by atoms with van der Waals surface area (Å²) >= 11 is 0. The number of hydrogen-bond donors (Lipinski definition) is 2. The van der Waals surface area contributed by atoms with Crippen molar-refractivity contribution in [1.29, 1.82) is 0 Å². The average molecular weight is 242 g/mol. The lowest BCUT2D eigenvalue weighted by molar-refractivity contribution is 0.650. The Labute approximate surface area is 92.0 Å². The van der Waals surface area contributed by atoms with Crippen LogP contribution in [0.3, 0.4) is 0 Å². The Morgan fingerprint density at radius 1 is 0.714 bits per heavy atom. The highest BCUT2D eigenvalue weighted by Gasteiger charge is 2.14. The molecule has 0 unspecified atom stereocenters. The SMILES string of the molecule is CC(C)(C)[S@@](N)=O.CC(C)(C)[S@@](N)=O. The van der Waals surface area contributed by atoms with Crippen molar-refractivity contribution < 1.29 is 8.42 Å². The average Bonchev–Trinajstić information content (AvgIpc) is 1.83. The second kappa shape index (κ2) is 5.95. The summed E-state index contributed by atoms with van der Waals surface area (Å²) in [6, 6.07) is 0. The van der Waals surface area contributed by atoms with Gasteiger partial charge in [-0.3, -0.25) is 10.3 Å². The zero-order valence-corrected chi connectivity index (χ0v) is 11.4. The Bertz CT molecular complexity index is 192. The highest BCUT2D eigenvalue weighted by Crippen LogP contribution is 2.05. The number of rotatable bonds is 0. The first-order valence-electron chi connectivity index (χ1n) is 4.21. The molecule has 0 aliphatic carbocycles. The number of nitrogens with two attached hydrogens (primary N) is 2. The Morgan fingerprint density at radius 3 is 0.786 bits per heavy atom. The van der Waals surface area contributed by atoms with Crippen molar-refractivity contribution in [2.45, 2.75) is 51.0 Å². The van der Waals surface area contributed by atoms with Gasteiger partial charge in [-0.25, -0.2) is 8.42 Å². The van der Waals surface area contributed by atoms with Crippen molar-refractivity contribution in [3.8, 4) is 0 Å². The molecule has 4 nitrogen and oxygen atoms in total. The molecule has 0 fully saturated rings. The maximum atomic E-state index is 10.4. The van der Waals surface area contributed by atoms with Crippen LogP contribution in [0.4, 0.5) is 0 Å². The van der Waals surface area contributed by atoms with Crippen molar-refractivity contribution in [3.05, 3.63) is 0 Å². The summed E-state index contributed by atoms with van der Waals surface area (Å²) in [5.74, 6) is 0. The van der Waals surface area contributed by atoms with E-state index in [0.717, 1.165) is 0 Å². The van der Waals surface area contributed by atoms with E-state index in [1.165, 1.54) is 0 Å². The van der Waals surface area contributed by atoms with E-state index in [-0.39, 0.29) is 9.49 Å². The fourth-order valence-corrected chi connectivity index (χ4v) is 0. The van der Waals surface area contributed by atoms with E-state index in [0.29, 0.717) is 0 Å². The molecule has 0 aromatic carbocycles. The Morgan fingerprint density at radius 2 is 0.786 bits per heavy atom. The summed E-state index contributed by atoms with van der Waals surface area (Å²) in [6.07, 6.45) is 0. The van der Waals surface area contributed by atoms with Crippen molar-refractivity contribution >= 4 is 22.0 Å². The maximum absolute atomic E-state index is 10.4. The van der Waals surface area contributed by atoms with Gasteiger partial charge in [-0.1, -0.05) is 0 Å². The van der Waals surface area contributed by atoms with Crippen LogP contribution >= 0.6 is 0 Å². The van der Waals surface area contributed by atoms with E-state index in [4.69, 9.17) is 10.3 Å². The van der Waals surface area contributed by atoms with E-state index in [1.54, 1.807) is 0 Å². The molecule has 0 aliphatic heterocycles. The molecular weight excluding hydrogens is 220 g/mol. The topological polar surface area (TPSA) is 86.2 Å². The van der Waals surface area contributed by atoms with Gasteiger partial charge in [0.05, 0.1) is 31.5 Å². The van der Waals surface area contributed by atoms with Crippen molar-refractivity contribution in [2.75, 3.05) is 0 Å². The molecule has 2 atom stereocenters. The van der Waals surface area contributed by atoms with Crippen molar-refractivity contribution in [3.63, 3.8) is 0 Å². The molecule has 6 heteroatoms. The molecule has 0 aromatic heterocycles. The van der Waals surface area contributed by atoms with E-state index in [1.807, 2.05) is 41.5 Å². The zero-order chi connectivity index (χ0) is 12.2. The molecule has 0 amide bonds. The van der Waals surface area contributed by atoms with Gasteiger partial charge in [0.1, 0.15) is 0 Å².